The molecule has 1 atom stereocenters. The van der Waals surface area contributed by atoms with Crippen LogP contribution in [0.2, 0.25) is 0 Å². The molecular weight excluding hydrogens is 298 g/mol. The molecule has 1 unspecified atom stereocenters. The average Bonchev–Trinajstić information content (AvgIpc) is 2.45. The Morgan fingerprint density at radius 1 is 1.35 bits per heavy atom. The van der Waals surface area contributed by atoms with Gasteiger partial charge in [0.15, 0.2) is 0 Å². The lowest BCUT2D eigenvalue weighted by molar-refractivity contribution is 0.0158. The van der Waals surface area contributed by atoms with Gasteiger partial charge in [0.05, 0.1) is 0 Å². The number of ether oxygens (including phenoxy) is 1. The first kappa shape index (κ1) is 17.1. The standard InChI is InChI=1S/C16H23N3O4/c1-11-10-18(13-12(14(20)21)6-5-7-17-13)8-9-19(11)15(22)23-16(2,3)4/h5-7,11H,8-10H2,1-4H3,(H,20,21). The number of piperazine rings is 1. The molecule has 23 heavy (non-hydrogen) atoms. The third-order valence-electron chi connectivity index (χ3n) is 3.57. The highest BCUT2D eigenvalue weighted by Gasteiger charge is 2.32. The minimum atomic E-state index is -1.00. The Balaban J connectivity index is 2.10. The molecule has 126 valence electrons. The normalized spacial score (nSPS) is 18.7. The van der Waals surface area contributed by atoms with E-state index in [4.69, 9.17) is 4.74 Å². The van der Waals surface area contributed by atoms with Gasteiger partial charge in [-0.1, -0.05) is 0 Å². The molecule has 0 spiro atoms. The Morgan fingerprint density at radius 3 is 2.61 bits per heavy atom. The number of rotatable bonds is 2. The molecule has 2 rings (SSSR count). The van der Waals surface area contributed by atoms with Crippen LogP contribution in [0, 0.1) is 0 Å². The van der Waals surface area contributed by atoms with E-state index in [2.05, 4.69) is 4.98 Å². The van der Waals surface area contributed by atoms with Gasteiger partial charge in [0.25, 0.3) is 0 Å². The maximum Gasteiger partial charge on any atom is 0.410 e. The van der Waals surface area contributed by atoms with Crippen molar-refractivity contribution in [3.05, 3.63) is 23.9 Å². The smallest absolute Gasteiger partial charge is 0.410 e. The van der Waals surface area contributed by atoms with Gasteiger partial charge in [0.2, 0.25) is 0 Å². The number of hydrogen-bond acceptors (Lipinski definition) is 5. The summed E-state index contributed by atoms with van der Waals surface area (Å²) in [6.07, 6.45) is 1.23. The molecule has 1 aromatic heterocycles. The predicted octanol–water partition coefficient (Wildman–Crippen LogP) is 2.23. The zero-order chi connectivity index (χ0) is 17.2. The summed E-state index contributed by atoms with van der Waals surface area (Å²) in [6.45, 7) is 8.90. The van der Waals surface area contributed by atoms with Crippen molar-refractivity contribution in [2.75, 3.05) is 24.5 Å². The summed E-state index contributed by atoms with van der Waals surface area (Å²) >= 11 is 0. The highest BCUT2D eigenvalue weighted by atomic mass is 16.6. The molecule has 7 heteroatoms. The van der Waals surface area contributed by atoms with Crippen LogP contribution < -0.4 is 4.90 Å². The highest BCUT2D eigenvalue weighted by molar-refractivity contribution is 5.93. The molecule has 0 saturated carbocycles. The summed E-state index contributed by atoms with van der Waals surface area (Å²) in [4.78, 5) is 31.3. The van der Waals surface area contributed by atoms with Gasteiger partial charge in [-0.25, -0.2) is 14.6 Å². The van der Waals surface area contributed by atoms with E-state index in [1.165, 1.54) is 6.07 Å². The quantitative estimate of drug-likeness (QED) is 0.899. The molecule has 0 bridgehead atoms. The second-order valence-electron chi connectivity index (χ2n) is 6.65. The van der Waals surface area contributed by atoms with Crippen molar-refractivity contribution in [1.82, 2.24) is 9.88 Å². The van der Waals surface area contributed by atoms with E-state index in [1.54, 1.807) is 17.2 Å². The van der Waals surface area contributed by atoms with Crippen LogP contribution in [-0.4, -0.2) is 58.3 Å². The van der Waals surface area contributed by atoms with Crippen LogP contribution >= 0.6 is 0 Å². The molecule has 1 aromatic rings. The van der Waals surface area contributed by atoms with Crippen molar-refractivity contribution in [3.8, 4) is 0 Å². The van der Waals surface area contributed by atoms with Crippen molar-refractivity contribution in [1.29, 1.82) is 0 Å². The second kappa shape index (κ2) is 6.44. The first-order valence-corrected chi connectivity index (χ1v) is 7.62. The number of carbonyl (C=O) groups excluding carboxylic acids is 1. The largest absolute Gasteiger partial charge is 0.478 e. The molecule has 1 saturated heterocycles. The highest BCUT2D eigenvalue weighted by Crippen LogP contribution is 2.22. The van der Waals surface area contributed by atoms with Gasteiger partial charge in [-0.15, -0.1) is 0 Å². The summed E-state index contributed by atoms with van der Waals surface area (Å²) in [5, 5.41) is 9.28. The average molecular weight is 321 g/mol. The first-order chi connectivity index (χ1) is 10.7. The second-order valence-corrected chi connectivity index (χ2v) is 6.65. The number of hydrogen-bond donors (Lipinski definition) is 1. The minimum Gasteiger partial charge on any atom is -0.478 e. The summed E-state index contributed by atoms with van der Waals surface area (Å²) < 4.78 is 5.41. The fraction of sp³-hybridized carbons (Fsp3) is 0.562. The van der Waals surface area contributed by atoms with Gasteiger partial charge in [-0.05, 0) is 39.8 Å². The fourth-order valence-electron chi connectivity index (χ4n) is 2.56. The molecule has 7 nitrogen and oxygen atoms in total. The number of amides is 1. The lowest BCUT2D eigenvalue weighted by atomic mass is 10.1. The molecule has 0 radical (unpaired) electrons. The number of nitrogens with zero attached hydrogens (tertiary/aromatic N) is 3. The molecule has 0 aliphatic carbocycles. The van der Waals surface area contributed by atoms with Gasteiger partial charge < -0.3 is 19.6 Å². The van der Waals surface area contributed by atoms with Crippen LogP contribution in [0.15, 0.2) is 18.3 Å². The zero-order valence-corrected chi connectivity index (χ0v) is 13.9. The van der Waals surface area contributed by atoms with E-state index in [1.807, 2.05) is 32.6 Å². The number of aromatic carboxylic acids is 1. The Bertz CT molecular complexity index is 597. The molecule has 1 aliphatic rings. The Kier molecular flexibility index (Phi) is 4.77. The molecular formula is C16H23N3O4. The maximum atomic E-state index is 12.2. The van der Waals surface area contributed by atoms with Gasteiger partial charge in [0.1, 0.15) is 17.0 Å². The van der Waals surface area contributed by atoms with E-state index in [9.17, 15) is 14.7 Å². The molecule has 1 fully saturated rings. The van der Waals surface area contributed by atoms with Crippen molar-refractivity contribution in [2.45, 2.75) is 39.3 Å². The van der Waals surface area contributed by atoms with Crippen LogP contribution in [0.5, 0.6) is 0 Å². The van der Waals surface area contributed by atoms with Crippen LogP contribution in [-0.2, 0) is 4.74 Å². The number of carbonyl (C=O) groups is 2. The van der Waals surface area contributed by atoms with Crippen LogP contribution in [0.4, 0.5) is 10.6 Å². The fourth-order valence-corrected chi connectivity index (χ4v) is 2.56. The van der Waals surface area contributed by atoms with Crippen LogP contribution in [0.1, 0.15) is 38.1 Å². The van der Waals surface area contributed by atoms with E-state index in [0.29, 0.717) is 25.5 Å². The van der Waals surface area contributed by atoms with Gasteiger partial charge in [-0.2, -0.15) is 0 Å². The topological polar surface area (TPSA) is 83.0 Å². The van der Waals surface area contributed by atoms with Gasteiger partial charge in [0, 0.05) is 31.9 Å². The summed E-state index contributed by atoms with van der Waals surface area (Å²) in [5.74, 6) is -0.564. The van der Waals surface area contributed by atoms with Gasteiger partial charge >= 0.3 is 12.1 Å². The third-order valence-corrected chi connectivity index (χ3v) is 3.57. The number of pyridine rings is 1. The van der Waals surface area contributed by atoms with Crippen molar-refractivity contribution < 1.29 is 19.4 Å². The Morgan fingerprint density at radius 2 is 2.04 bits per heavy atom. The molecule has 1 aliphatic heterocycles. The van der Waals surface area contributed by atoms with E-state index in [-0.39, 0.29) is 17.7 Å². The van der Waals surface area contributed by atoms with E-state index in [0.717, 1.165) is 0 Å². The monoisotopic (exact) mass is 321 g/mol. The minimum absolute atomic E-state index is 0.0951. The predicted molar refractivity (Wildman–Crippen MR) is 85.8 cm³/mol. The Labute approximate surface area is 135 Å². The number of aromatic nitrogens is 1. The van der Waals surface area contributed by atoms with Crippen molar-refractivity contribution >= 4 is 17.9 Å². The third kappa shape index (κ3) is 4.12. The lowest BCUT2D eigenvalue weighted by Crippen LogP contribution is -2.55. The number of carboxylic acid groups (broad SMARTS) is 1. The number of carboxylic acids is 1. The summed E-state index contributed by atoms with van der Waals surface area (Å²) in [5.41, 5.74) is -0.365. The molecule has 1 amide bonds. The first-order valence-electron chi connectivity index (χ1n) is 7.62. The maximum absolute atomic E-state index is 12.2. The number of anilines is 1. The molecule has 0 aromatic carbocycles. The lowest BCUT2D eigenvalue weighted by Gasteiger charge is -2.40. The van der Waals surface area contributed by atoms with E-state index < -0.39 is 11.6 Å². The Hall–Kier alpha value is -2.31. The van der Waals surface area contributed by atoms with Gasteiger partial charge in [-0.3, -0.25) is 0 Å². The van der Waals surface area contributed by atoms with E-state index >= 15 is 0 Å². The van der Waals surface area contributed by atoms with Crippen LogP contribution in [0.3, 0.4) is 0 Å². The molecule has 1 N–H and O–H groups in total. The summed E-state index contributed by atoms with van der Waals surface area (Å²) in [7, 11) is 0. The SMILES string of the molecule is CC1CN(c2ncccc2C(=O)O)CCN1C(=O)OC(C)(C)C. The van der Waals surface area contributed by atoms with Crippen LogP contribution in [0.25, 0.3) is 0 Å². The zero-order valence-electron chi connectivity index (χ0n) is 13.9. The van der Waals surface area contributed by atoms with Crippen molar-refractivity contribution in [3.63, 3.8) is 0 Å². The van der Waals surface area contributed by atoms with Crippen molar-refractivity contribution in [2.24, 2.45) is 0 Å². The molecule has 2 heterocycles. The summed E-state index contributed by atoms with van der Waals surface area (Å²) in [6, 6.07) is 3.05.